The SMILES string of the molecule is COCCOC(=N)c1cccc(C(=N)OCCOC)c1. The lowest BCUT2D eigenvalue weighted by Crippen LogP contribution is -2.13. The molecule has 0 aromatic heterocycles. The van der Waals surface area contributed by atoms with E-state index in [1.807, 2.05) is 0 Å². The number of nitrogens with one attached hydrogen (secondary N) is 2. The van der Waals surface area contributed by atoms with Crippen molar-refractivity contribution >= 4 is 11.8 Å². The maximum absolute atomic E-state index is 7.80. The second-order valence-corrected chi connectivity index (χ2v) is 3.92. The molecule has 0 fully saturated rings. The molecule has 0 bridgehead atoms. The number of hydrogen-bond acceptors (Lipinski definition) is 6. The molecule has 0 saturated heterocycles. The molecule has 0 aliphatic rings. The van der Waals surface area contributed by atoms with Gasteiger partial charge in [0, 0.05) is 25.3 Å². The van der Waals surface area contributed by atoms with E-state index in [0.717, 1.165) is 0 Å². The standard InChI is InChI=1S/C14H20N2O4/c1-17-6-8-19-13(15)11-4-3-5-12(10-11)14(16)20-9-7-18-2/h3-5,10,15-16H,6-9H2,1-2H3. The van der Waals surface area contributed by atoms with E-state index < -0.39 is 0 Å². The summed E-state index contributed by atoms with van der Waals surface area (Å²) >= 11 is 0. The first-order valence-electron chi connectivity index (χ1n) is 6.20. The van der Waals surface area contributed by atoms with E-state index in [2.05, 4.69) is 0 Å². The number of methoxy groups -OCH3 is 2. The first-order chi connectivity index (χ1) is 9.69. The molecule has 110 valence electrons. The highest BCUT2D eigenvalue weighted by Gasteiger charge is 2.07. The molecule has 0 atom stereocenters. The van der Waals surface area contributed by atoms with E-state index in [9.17, 15) is 0 Å². The van der Waals surface area contributed by atoms with Gasteiger partial charge in [0.25, 0.3) is 0 Å². The van der Waals surface area contributed by atoms with Crippen molar-refractivity contribution in [3.05, 3.63) is 35.4 Å². The minimum Gasteiger partial charge on any atom is -0.475 e. The van der Waals surface area contributed by atoms with Gasteiger partial charge in [0.05, 0.1) is 13.2 Å². The van der Waals surface area contributed by atoms with Crippen LogP contribution in [0.15, 0.2) is 24.3 Å². The number of benzene rings is 1. The van der Waals surface area contributed by atoms with Crippen LogP contribution < -0.4 is 0 Å². The fraction of sp³-hybridized carbons (Fsp3) is 0.429. The second-order valence-electron chi connectivity index (χ2n) is 3.92. The largest absolute Gasteiger partial charge is 0.475 e. The smallest absolute Gasteiger partial charge is 0.213 e. The van der Waals surface area contributed by atoms with Crippen LogP contribution >= 0.6 is 0 Å². The van der Waals surface area contributed by atoms with Crippen LogP contribution in [0.4, 0.5) is 0 Å². The van der Waals surface area contributed by atoms with Crippen molar-refractivity contribution in [1.29, 1.82) is 10.8 Å². The van der Waals surface area contributed by atoms with Gasteiger partial charge < -0.3 is 18.9 Å². The quantitative estimate of drug-likeness (QED) is 0.431. The Balaban J connectivity index is 2.60. The average molecular weight is 280 g/mol. The monoisotopic (exact) mass is 280 g/mol. The average Bonchev–Trinajstić information content (AvgIpc) is 2.47. The normalized spacial score (nSPS) is 10.1. The molecule has 1 aromatic rings. The number of rotatable bonds is 8. The zero-order chi connectivity index (χ0) is 14.8. The van der Waals surface area contributed by atoms with Crippen molar-refractivity contribution in [1.82, 2.24) is 0 Å². The third-order valence-electron chi connectivity index (χ3n) is 2.45. The van der Waals surface area contributed by atoms with Gasteiger partial charge >= 0.3 is 0 Å². The summed E-state index contributed by atoms with van der Waals surface area (Å²) in [5, 5.41) is 15.6. The fourth-order valence-electron chi connectivity index (χ4n) is 1.42. The van der Waals surface area contributed by atoms with Crippen molar-refractivity contribution in [3.8, 4) is 0 Å². The zero-order valence-corrected chi connectivity index (χ0v) is 11.8. The van der Waals surface area contributed by atoms with E-state index in [4.69, 9.17) is 29.8 Å². The van der Waals surface area contributed by atoms with Gasteiger partial charge in [0.2, 0.25) is 11.8 Å². The van der Waals surface area contributed by atoms with E-state index in [0.29, 0.717) is 37.6 Å². The molecule has 0 aliphatic carbocycles. The molecular formula is C14H20N2O4. The van der Waals surface area contributed by atoms with Crippen LogP contribution in [-0.2, 0) is 18.9 Å². The van der Waals surface area contributed by atoms with Gasteiger partial charge in [-0.2, -0.15) is 0 Å². The molecule has 6 heteroatoms. The van der Waals surface area contributed by atoms with Crippen molar-refractivity contribution < 1.29 is 18.9 Å². The van der Waals surface area contributed by atoms with Crippen LogP contribution in [0.3, 0.4) is 0 Å². The van der Waals surface area contributed by atoms with Crippen LogP contribution in [0.2, 0.25) is 0 Å². The van der Waals surface area contributed by atoms with Crippen molar-refractivity contribution in [2.45, 2.75) is 0 Å². The van der Waals surface area contributed by atoms with Gasteiger partial charge in [-0.05, 0) is 18.2 Å². The first kappa shape index (κ1) is 16.1. The van der Waals surface area contributed by atoms with E-state index in [1.54, 1.807) is 38.5 Å². The summed E-state index contributed by atoms with van der Waals surface area (Å²) in [6, 6.07) is 6.94. The summed E-state index contributed by atoms with van der Waals surface area (Å²) < 4.78 is 20.2. The Morgan fingerprint density at radius 3 is 1.70 bits per heavy atom. The lowest BCUT2D eigenvalue weighted by atomic mass is 10.1. The Morgan fingerprint density at radius 1 is 0.850 bits per heavy atom. The molecule has 6 nitrogen and oxygen atoms in total. The summed E-state index contributed by atoms with van der Waals surface area (Å²) in [5.74, 6) is 0.0992. The van der Waals surface area contributed by atoms with Crippen molar-refractivity contribution in [2.75, 3.05) is 40.6 Å². The maximum atomic E-state index is 7.80. The molecule has 20 heavy (non-hydrogen) atoms. The maximum Gasteiger partial charge on any atom is 0.213 e. The van der Waals surface area contributed by atoms with Gasteiger partial charge in [0.15, 0.2) is 0 Å². The molecule has 0 heterocycles. The Kier molecular flexibility index (Phi) is 7.31. The van der Waals surface area contributed by atoms with Gasteiger partial charge in [-0.1, -0.05) is 6.07 Å². The Bertz CT molecular complexity index is 411. The van der Waals surface area contributed by atoms with Crippen molar-refractivity contribution in [2.24, 2.45) is 0 Å². The molecule has 0 saturated carbocycles. The summed E-state index contributed by atoms with van der Waals surface area (Å²) in [6.45, 7) is 1.50. The molecule has 0 spiro atoms. The van der Waals surface area contributed by atoms with Crippen molar-refractivity contribution in [3.63, 3.8) is 0 Å². The topological polar surface area (TPSA) is 84.6 Å². The van der Waals surface area contributed by atoms with Gasteiger partial charge in [-0.15, -0.1) is 0 Å². The second kappa shape index (κ2) is 9.06. The fourth-order valence-corrected chi connectivity index (χ4v) is 1.42. The van der Waals surface area contributed by atoms with Gasteiger partial charge in [-0.3, -0.25) is 10.8 Å². The summed E-state index contributed by atoms with van der Waals surface area (Å²) in [4.78, 5) is 0. The molecule has 1 rings (SSSR count). The zero-order valence-electron chi connectivity index (χ0n) is 11.8. The minimum absolute atomic E-state index is 0.0496. The third-order valence-corrected chi connectivity index (χ3v) is 2.45. The van der Waals surface area contributed by atoms with E-state index >= 15 is 0 Å². The highest BCUT2D eigenvalue weighted by atomic mass is 16.5. The van der Waals surface area contributed by atoms with Gasteiger partial charge in [-0.25, -0.2) is 0 Å². The first-order valence-corrected chi connectivity index (χ1v) is 6.20. The molecule has 2 N–H and O–H groups in total. The predicted molar refractivity (Wildman–Crippen MR) is 75.8 cm³/mol. The van der Waals surface area contributed by atoms with Crippen LogP contribution in [0.25, 0.3) is 0 Å². The molecule has 1 aromatic carbocycles. The molecule has 0 amide bonds. The predicted octanol–water partition coefficient (Wildman–Crippen LogP) is 1.66. The number of hydrogen-bond donors (Lipinski definition) is 2. The highest BCUT2D eigenvalue weighted by molar-refractivity contribution is 5.97. The molecule has 0 aliphatic heterocycles. The lowest BCUT2D eigenvalue weighted by molar-refractivity contribution is 0.140. The van der Waals surface area contributed by atoms with Crippen LogP contribution in [-0.4, -0.2) is 52.4 Å². The summed E-state index contributed by atoms with van der Waals surface area (Å²) in [5.41, 5.74) is 1.19. The lowest BCUT2D eigenvalue weighted by Gasteiger charge is -2.10. The highest BCUT2D eigenvalue weighted by Crippen LogP contribution is 2.08. The molecule has 0 radical (unpaired) electrons. The minimum atomic E-state index is 0.0496. The van der Waals surface area contributed by atoms with Crippen LogP contribution in [0.1, 0.15) is 11.1 Å². The van der Waals surface area contributed by atoms with E-state index in [-0.39, 0.29) is 11.8 Å². The summed E-state index contributed by atoms with van der Waals surface area (Å²) in [6.07, 6.45) is 0. The Hall–Kier alpha value is -1.92. The van der Waals surface area contributed by atoms with Gasteiger partial charge in [0.1, 0.15) is 13.2 Å². The Labute approximate surface area is 118 Å². The summed E-state index contributed by atoms with van der Waals surface area (Å²) in [7, 11) is 3.15. The van der Waals surface area contributed by atoms with Crippen LogP contribution in [0, 0.1) is 10.8 Å². The molecule has 0 unspecified atom stereocenters. The Morgan fingerprint density at radius 2 is 1.30 bits per heavy atom. The van der Waals surface area contributed by atoms with E-state index in [1.165, 1.54) is 0 Å². The number of ether oxygens (including phenoxy) is 4. The van der Waals surface area contributed by atoms with Crippen LogP contribution in [0.5, 0.6) is 0 Å². The molecular weight excluding hydrogens is 260 g/mol. The third kappa shape index (κ3) is 5.38.